The van der Waals surface area contributed by atoms with Crippen molar-refractivity contribution in [3.63, 3.8) is 0 Å². The summed E-state index contributed by atoms with van der Waals surface area (Å²) >= 11 is -9.16. The van der Waals surface area contributed by atoms with Crippen LogP contribution in [0.15, 0.2) is 303 Å². The Morgan fingerprint density at radius 2 is 0.535 bits per heavy atom. The van der Waals surface area contributed by atoms with Crippen molar-refractivity contribution in [2.45, 2.75) is 0 Å². The summed E-state index contributed by atoms with van der Waals surface area (Å²) in [5.41, 5.74) is 17.8. The average Bonchev–Trinajstić information content (AvgIpc) is 0.641. The number of anilines is 12. The predicted molar refractivity (Wildman–Crippen MR) is 358 cm³/mol. The van der Waals surface area contributed by atoms with Gasteiger partial charge in [0.05, 0.1) is 0 Å². The second-order valence-corrected chi connectivity index (χ2v) is 38.0. The van der Waals surface area contributed by atoms with E-state index in [0.29, 0.717) is 0 Å². The molecule has 0 amide bonds. The van der Waals surface area contributed by atoms with Crippen molar-refractivity contribution in [1.82, 2.24) is 0 Å². The molecule has 6 aliphatic heterocycles. The Balaban J connectivity index is 1.08. The third-order valence-electron chi connectivity index (χ3n) is 18.8. The number of fused-ring (bicyclic) bond motifs is 2. The molecule has 0 aliphatic carbocycles. The van der Waals surface area contributed by atoms with Gasteiger partial charge in [0.25, 0.3) is 0 Å². The Morgan fingerprint density at radius 3 is 1.01 bits per heavy atom. The zero-order valence-corrected chi connectivity index (χ0v) is 50.7. The Morgan fingerprint density at radius 1 is 0.221 bits per heavy atom. The van der Waals surface area contributed by atoms with E-state index < -0.39 is 26.5 Å². The summed E-state index contributed by atoms with van der Waals surface area (Å²) < 4.78 is 27.2. The second kappa shape index (κ2) is 18.1. The minimum atomic E-state index is -4.65. The van der Waals surface area contributed by atoms with Crippen LogP contribution in [0.5, 0.6) is 23.0 Å². The number of hydrogen-bond donors (Lipinski definition) is 0. The molecule has 86 heavy (non-hydrogen) atoms. The van der Waals surface area contributed by atoms with Crippen molar-refractivity contribution < 1.29 is 9.47 Å². The van der Waals surface area contributed by atoms with E-state index in [1.54, 1.807) is 0 Å². The fraction of sp³-hybridized carbons (Fsp3) is 0. The van der Waals surface area contributed by atoms with Crippen LogP contribution in [0, 0.1) is 0 Å². The molecule has 2 unspecified atom stereocenters. The summed E-state index contributed by atoms with van der Waals surface area (Å²) in [6.07, 6.45) is 0. The zero-order chi connectivity index (χ0) is 56.2. The van der Waals surface area contributed by atoms with E-state index in [0.717, 1.165) is 102 Å². The monoisotopic (exact) mass is 1220 g/mol. The summed E-state index contributed by atoms with van der Waals surface area (Å²) in [4.78, 5) is 10.3. The minimum absolute atomic E-state index is 0.892. The molecule has 13 aromatic carbocycles. The molecule has 0 fully saturated rings. The Kier molecular flexibility index (Phi) is 10.2. The van der Waals surface area contributed by atoms with E-state index in [1.165, 1.54) is 46.5 Å². The van der Waals surface area contributed by atoms with Gasteiger partial charge in [0.2, 0.25) is 0 Å². The van der Waals surface area contributed by atoms with Gasteiger partial charge in [0, 0.05) is 0 Å². The SMILES string of the molecule is c1ccc(-c2cc3[c]4c(c2)N(c2ccccc2)c2cc(-c5ccccc5)cc5[c]2[Ge]4([c]2ccccc2)[c]2c(c4[c]6c(c2N5c2ccccc2)Oc2cccc5[c]2[Ge]6([c]2ccccc2)[c]2c(cccc2N4c2ccccc2)N5c2ccccc2)O3)cc1. The third kappa shape index (κ3) is 6.26. The van der Waals surface area contributed by atoms with Gasteiger partial charge in [-0.05, 0) is 0 Å². The van der Waals surface area contributed by atoms with Crippen molar-refractivity contribution in [2.24, 2.45) is 0 Å². The van der Waals surface area contributed by atoms with Crippen molar-refractivity contribution in [3.8, 4) is 45.3 Å². The van der Waals surface area contributed by atoms with Crippen LogP contribution in [0.25, 0.3) is 22.3 Å². The number of hydrogen-bond acceptors (Lipinski definition) is 6. The molecular formula is C78H50Ge2N4O2. The number of ether oxygens (including phenoxy) is 2. The molecule has 402 valence electrons. The first kappa shape index (κ1) is 48.2. The second-order valence-electron chi connectivity index (χ2n) is 23.0. The van der Waals surface area contributed by atoms with Gasteiger partial charge in [0.15, 0.2) is 0 Å². The van der Waals surface area contributed by atoms with Gasteiger partial charge in [0.1, 0.15) is 0 Å². The summed E-state index contributed by atoms with van der Waals surface area (Å²) in [6, 6.07) is 113. The van der Waals surface area contributed by atoms with Gasteiger partial charge in [-0.2, -0.15) is 0 Å². The molecule has 2 atom stereocenters. The van der Waals surface area contributed by atoms with Crippen molar-refractivity contribution in [2.75, 3.05) is 19.6 Å². The first-order chi connectivity index (χ1) is 42.7. The summed E-state index contributed by atoms with van der Waals surface area (Å²) in [7, 11) is 0. The van der Waals surface area contributed by atoms with Crippen LogP contribution >= 0.6 is 0 Å². The third-order valence-corrected chi connectivity index (χ3v) is 39.5. The molecule has 0 aromatic heterocycles. The Hall–Kier alpha value is -10.3. The number of rotatable bonds is 8. The van der Waals surface area contributed by atoms with E-state index >= 15 is 0 Å². The van der Waals surface area contributed by atoms with Gasteiger partial charge in [-0.3, -0.25) is 0 Å². The molecule has 0 spiro atoms. The van der Waals surface area contributed by atoms with Crippen LogP contribution < -0.4 is 64.2 Å². The van der Waals surface area contributed by atoms with Crippen molar-refractivity contribution >= 4 is 130 Å². The van der Waals surface area contributed by atoms with Crippen LogP contribution in [-0.2, 0) is 0 Å². The topological polar surface area (TPSA) is 31.4 Å². The maximum absolute atomic E-state index is 8.48. The van der Waals surface area contributed by atoms with E-state index in [-0.39, 0.29) is 0 Å². The van der Waals surface area contributed by atoms with Gasteiger partial charge in [-0.1, -0.05) is 0 Å². The first-order valence-electron chi connectivity index (χ1n) is 29.6. The number of benzene rings is 13. The molecule has 19 rings (SSSR count). The van der Waals surface area contributed by atoms with Crippen molar-refractivity contribution in [3.05, 3.63) is 303 Å². The Bertz CT molecular complexity index is 4950. The normalized spacial score (nSPS) is 17.0. The van der Waals surface area contributed by atoms with Crippen LogP contribution in [0.1, 0.15) is 0 Å². The van der Waals surface area contributed by atoms with Gasteiger partial charge in [-0.25, -0.2) is 0 Å². The maximum atomic E-state index is 8.48. The predicted octanol–water partition coefficient (Wildman–Crippen LogP) is 15.1. The van der Waals surface area contributed by atoms with Gasteiger partial charge in [-0.15, -0.1) is 0 Å². The molecule has 0 bridgehead atoms. The summed E-state index contributed by atoms with van der Waals surface area (Å²) in [5.74, 6) is 3.60. The fourth-order valence-electron chi connectivity index (χ4n) is 15.7. The van der Waals surface area contributed by atoms with Gasteiger partial charge >= 0.3 is 508 Å². The molecule has 0 saturated heterocycles. The van der Waals surface area contributed by atoms with E-state index in [9.17, 15) is 0 Å². The molecule has 6 aliphatic rings. The fourth-order valence-corrected chi connectivity index (χ4v) is 39.3. The van der Waals surface area contributed by atoms with E-state index in [2.05, 4.69) is 323 Å². The zero-order valence-electron chi connectivity index (χ0n) is 46.5. The quantitative estimate of drug-likeness (QED) is 0.141. The van der Waals surface area contributed by atoms with Gasteiger partial charge < -0.3 is 0 Å². The van der Waals surface area contributed by atoms with Crippen LogP contribution in [-0.4, -0.2) is 26.5 Å². The van der Waals surface area contributed by atoms with Crippen LogP contribution in [0.4, 0.5) is 68.2 Å². The van der Waals surface area contributed by atoms with E-state index in [1.807, 2.05) is 0 Å². The van der Waals surface area contributed by atoms with Crippen LogP contribution in [0.3, 0.4) is 0 Å². The summed E-state index contributed by atoms with van der Waals surface area (Å²) in [5, 5.41) is 0. The molecule has 13 aromatic rings. The Labute approximate surface area is 504 Å². The molecule has 6 nitrogen and oxygen atoms in total. The number of nitrogens with zero attached hydrogens (tertiary/aromatic N) is 4. The first-order valence-corrected chi connectivity index (χ1v) is 38.0. The molecular weight excluding hydrogens is 1170 g/mol. The molecule has 8 heteroatoms. The summed E-state index contributed by atoms with van der Waals surface area (Å²) in [6.45, 7) is 0. The molecule has 0 N–H and O–H groups in total. The van der Waals surface area contributed by atoms with E-state index in [4.69, 9.17) is 9.47 Å². The average molecular weight is 1220 g/mol. The molecule has 0 radical (unpaired) electrons. The van der Waals surface area contributed by atoms with Crippen LogP contribution in [0.2, 0.25) is 0 Å². The molecule has 0 saturated carbocycles. The standard InChI is InChI=1S/C78H50Ge2N4O2/c1-9-27-51(28-10-1)53-47-64-70-65(48-53)84(60-41-23-8-24-42-60)76-74-78(86-68-50-54(52-29-11-2-12-30-52)49-66(82(64)58-37-19-6-20-38-58)72(68)80(70,74)56-33-15-4-16-34-56)75-73-77(76)85-67-46-26-45-63-71(67)79(73,55-31-13-3-14-32-55)69-61(81(63)57-35-17-5-18-36-57)43-25-44-62(69)83(75)59-39-21-7-22-40-59/h1-50H. The molecule has 6 heterocycles. The number of para-hydroxylation sites is 4. The van der Waals surface area contributed by atoms with Crippen molar-refractivity contribution in [1.29, 1.82) is 0 Å².